The molecule has 0 bridgehead atoms. The summed E-state index contributed by atoms with van der Waals surface area (Å²) in [6, 6.07) is 28.4. The minimum atomic E-state index is -1.54. The lowest BCUT2D eigenvalue weighted by molar-refractivity contribution is -0.134. The van der Waals surface area contributed by atoms with Crippen LogP contribution < -0.4 is 14.8 Å². The predicted molar refractivity (Wildman–Crippen MR) is 351 cm³/mol. The van der Waals surface area contributed by atoms with E-state index in [-0.39, 0.29) is 55.7 Å². The summed E-state index contributed by atoms with van der Waals surface area (Å²) in [6.45, 7) is 22.7. The Morgan fingerprint density at radius 2 is 1.49 bits per heavy atom. The molecule has 4 unspecified atom stereocenters. The lowest BCUT2D eigenvalue weighted by Gasteiger charge is -2.58. The van der Waals surface area contributed by atoms with E-state index in [1.165, 1.54) is 70.6 Å². The minimum absolute atomic E-state index is 0.0555. The van der Waals surface area contributed by atoms with Crippen molar-refractivity contribution in [2.75, 3.05) is 46.3 Å². The lowest BCUT2D eigenvalue weighted by atomic mass is 9.47. The fraction of sp³-hybridized carbons (Fsp3) is 0.676. The molecule has 11 nitrogen and oxygen atoms in total. The number of rotatable bonds is 32. The first-order chi connectivity index (χ1) is 40.9. The van der Waals surface area contributed by atoms with Gasteiger partial charge >= 0.3 is 0 Å². The van der Waals surface area contributed by atoms with Gasteiger partial charge in [0, 0.05) is 49.0 Å². The third kappa shape index (κ3) is 16.4. The van der Waals surface area contributed by atoms with Crippen molar-refractivity contribution < 1.29 is 32.8 Å². The zero-order valence-electron chi connectivity index (χ0n) is 53.7. The third-order valence-electron chi connectivity index (χ3n) is 20.5. The van der Waals surface area contributed by atoms with Gasteiger partial charge in [0.2, 0.25) is 11.8 Å². The molecule has 0 aromatic heterocycles. The van der Waals surface area contributed by atoms with Crippen LogP contribution in [0, 0.1) is 57.7 Å². The van der Waals surface area contributed by atoms with Crippen molar-refractivity contribution in [2.24, 2.45) is 46.3 Å². The first-order valence-electron chi connectivity index (χ1n) is 32.7. The number of likely N-dealkylation sites (tertiary alicyclic amines) is 1. The van der Waals surface area contributed by atoms with E-state index in [2.05, 4.69) is 121 Å². The topological polar surface area (TPSA) is 123 Å². The first kappa shape index (κ1) is 67.3. The number of unbranched alkanes of at least 4 members (excludes halogenated alkanes) is 2. The van der Waals surface area contributed by atoms with Crippen LogP contribution in [0.25, 0.3) is 0 Å². The average Bonchev–Trinajstić information content (AvgIpc) is 2.13. The number of nitrogens with one attached hydrogen (secondary N) is 1. The van der Waals surface area contributed by atoms with Crippen molar-refractivity contribution in [1.29, 1.82) is 5.26 Å². The minimum Gasteiger partial charge on any atom is -0.497 e. The molecule has 85 heavy (non-hydrogen) atoms. The molecule has 2 amide bonds. The van der Waals surface area contributed by atoms with Crippen LogP contribution in [-0.2, 0) is 29.0 Å². The van der Waals surface area contributed by atoms with E-state index in [4.69, 9.17) is 23.3 Å². The van der Waals surface area contributed by atoms with E-state index in [1.807, 2.05) is 69.0 Å². The maximum absolute atomic E-state index is 14.6. The fourth-order valence-electron chi connectivity index (χ4n) is 16.2. The number of carbonyl (C=O) groups is 2. The molecule has 1 aliphatic heterocycles. The zero-order chi connectivity index (χ0) is 60.7. The molecule has 5 aliphatic rings. The molecule has 468 valence electrons. The number of hydrogen-bond donors (Lipinski definition) is 1. The van der Waals surface area contributed by atoms with Gasteiger partial charge in [-0.25, -0.2) is 4.67 Å². The largest absolute Gasteiger partial charge is 0.497 e. The van der Waals surface area contributed by atoms with Gasteiger partial charge in [-0.1, -0.05) is 148 Å². The van der Waals surface area contributed by atoms with Crippen LogP contribution in [0.15, 0.2) is 90.5 Å². The van der Waals surface area contributed by atoms with Gasteiger partial charge in [-0.05, 0) is 186 Å². The highest BCUT2D eigenvalue weighted by atomic mass is 33.1. The van der Waals surface area contributed by atoms with Crippen molar-refractivity contribution >= 4 is 41.9 Å². The first-order valence-corrected chi connectivity index (χ1v) is 36.2. The molecule has 14 heteroatoms. The molecular formula is C71H105N4O7PS2. The van der Waals surface area contributed by atoms with E-state index in [0.717, 1.165) is 82.3 Å². The number of benzene rings is 3. The Hall–Kier alpha value is -3.60. The Balaban J connectivity index is 0.832. The SMILES string of the molecule is COc1ccc(C(OC[C@@H]2C[C@@H](OP(OCCC#N)N(C(C)C)C(C)C)CN2C(=O)CCCCCNC(=O)CCSS[C@H]2CC[C@@]3(C)C(=CCC4C3CC[C@@]3(C)C4CC[C@@H]3[C@H](C)CCCC(C)C)C2)(c2ccccc2)c2ccc(OC)cc2)cc1. The van der Waals surface area contributed by atoms with Gasteiger partial charge < -0.3 is 33.5 Å². The number of hydrogen-bond acceptors (Lipinski definition) is 11. The van der Waals surface area contributed by atoms with Gasteiger partial charge in [-0.2, -0.15) is 5.26 Å². The quantitative estimate of drug-likeness (QED) is 0.0211. The summed E-state index contributed by atoms with van der Waals surface area (Å²) in [5.41, 5.74) is 4.36. The van der Waals surface area contributed by atoms with Crippen LogP contribution in [0.2, 0.25) is 0 Å². The molecule has 11 atom stereocenters. The van der Waals surface area contributed by atoms with E-state index in [1.54, 1.807) is 19.8 Å². The van der Waals surface area contributed by atoms with Gasteiger partial charge in [0.15, 0.2) is 0 Å². The summed E-state index contributed by atoms with van der Waals surface area (Å²) < 4.78 is 34.2. The summed E-state index contributed by atoms with van der Waals surface area (Å²) >= 11 is 0. The normalized spacial score (nSPS) is 26.4. The van der Waals surface area contributed by atoms with E-state index >= 15 is 0 Å². The highest BCUT2D eigenvalue weighted by molar-refractivity contribution is 8.76. The molecule has 4 aliphatic carbocycles. The molecule has 1 heterocycles. The number of carbonyl (C=O) groups excluding carboxylic acids is 2. The summed E-state index contributed by atoms with van der Waals surface area (Å²) in [7, 11) is 5.71. The molecule has 0 spiro atoms. The average molecular weight is 1220 g/mol. The Morgan fingerprint density at radius 3 is 2.14 bits per heavy atom. The van der Waals surface area contributed by atoms with Crippen LogP contribution in [-0.4, -0.2) is 97.1 Å². The number of amides is 2. The molecule has 3 aromatic rings. The van der Waals surface area contributed by atoms with E-state index in [0.29, 0.717) is 54.9 Å². The second-order valence-corrected chi connectivity index (χ2v) is 31.2. The molecule has 4 fully saturated rings. The van der Waals surface area contributed by atoms with E-state index in [9.17, 15) is 14.9 Å². The maximum Gasteiger partial charge on any atom is 0.259 e. The number of methoxy groups -OCH3 is 2. The van der Waals surface area contributed by atoms with Crippen molar-refractivity contribution in [3.63, 3.8) is 0 Å². The van der Waals surface area contributed by atoms with Gasteiger partial charge in [0.25, 0.3) is 8.53 Å². The highest BCUT2D eigenvalue weighted by Crippen LogP contribution is 2.68. The van der Waals surface area contributed by atoms with Gasteiger partial charge in [-0.15, -0.1) is 0 Å². The monoisotopic (exact) mass is 1220 g/mol. The van der Waals surface area contributed by atoms with E-state index < -0.39 is 14.1 Å². The molecular weight excluding hydrogens is 1120 g/mol. The van der Waals surface area contributed by atoms with Crippen LogP contribution in [0.3, 0.4) is 0 Å². The Kier molecular flexibility index (Phi) is 25.1. The Labute approximate surface area is 522 Å². The molecule has 0 radical (unpaired) electrons. The predicted octanol–water partition coefficient (Wildman–Crippen LogP) is 17.1. The number of nitrogens with zero attached hydrogens (tertiary/aromatic N) is 3. The van der Waals surface area contributed by atoms with Crippen molar-refractivity contribution in [3.8, 4) is 17.6 Å². The van der Waals surface area contributed by atoms with Gasteiger partial charge in [0.1, 0.15) is 17.1 Å². The second kappa shape index (κ2) is 31.7. The Bertz CT molecular complexity index is 2580. The molecule has 1 saturated heterocycles. The number of allylic oxidation sites excluding steroid dienone is 2. The summed E-state index contributed by atoms with van der Waals surface area (Å²) in [4.78, 5) is 29.7. The van der Waals surface area contributed by atoms with Crippen LogP contribution in [0.5, 0.6) is 11.5 Å². The lowest BCUT2D eigenvalue weighted by Crippen LogP contribution is -2.50. The number of fused-ring (bicyclic) bond motifs is 5. The Morgan fingerprint density at radius 1 is 0.812 bits per heavy atom. The fourth-order valence-corrected chi connectivity index (χ4v) is 20.5. The smallest absolute Gasteiger partial charge is 0.259 e. The number of nitriles is 1. The van der Waals surface area contributed by atoms with Crippen LogP contribution in [0.4, 0.5) is 0 Å². The van der Waals surface area contributed by atoms with Crippen molar-refractivity contribution in [1.82, 2.24) is 14.9 Å². The summed E-state index contributed by atoms with van der Waals surface area (Å²) in [5.74, 6) is 7.63. The van der Waals surface area contributed by atoms with Gasteiger partial charge in [0.05, 0.1) is 52.1 Å². The maximum atomic E-state index is 14.6. The van der Waals surface area contributed by atoms with Crippen LogP contribution >= 0.6 is 30.1 Å². The molecule has 8 rings (SSSR count). The number of ether oxygens (including phenoxy) is 3. The van der Waals surface area contributed by atoms with Crippen LogP contribution in [0.1, 0.15) is 195 Å². The van der Waals surface area contributed by atoms with Gasteiger partial charge in [-0.3, -0.25) is 9.59 Å². The molecule has 3 saturated carbocycles. The summed E-state index contributed by atoms with van der Waals surface area (Å²) in [6.07, 6.45) is 21.5. The van der Waals surface area contributed by atoms with Crippen molar-refractivity contribution in [3.05, 3.63) is 107 Å². The standard InChI is InChI=1S/C71H105N4O7PS2/c1-50(2)20-18-21-53(7)64-35-36-65-63-34-29-57-46-62(37-40-69(57,8)66(63)38-41-70(64,65)9)85-84-45-39-67(76)73-43-17-13-16-24-68(77)74-48-61(82-83(81-44-19-42-72)75(51(3)4)52(5)6)47-58(74)49-80-71(54-22-14-12-15-23-54,55-25-30-59(78-10)31-26-55)56-27-32-60(79-11)33-28-56/h12,14-15,22-23,25-33,50-53,58,61-66H,13,16-21,24,34-41,43-49H2,1-11H3,(H,73,76)/t53-,58+,61-,62+,63?,64-,65?,66?,69+,70-,83?/m1/s1. The van der Waals surface area contributed by atoms with Crippen molar-refractivity contribution in [2.45, 2.75) is 213 Å². The molecule has 3 aromatic carbocycles. The molecule has 1 N–H and O–H groups in total. The summed E-state index contributed by atoms with van der Waals surface area (Å²) in [5, 5.41) is 13.2. The third-order valence-corrected chi connectivity index (χ3v) is 25.6. The highest BCUT2D eigenvalue weighted by Gasteiger charge is 2.59. The zero-order valence-corrected chi connectivity index (χ0v) is 56.2. The second-order valence-electron chi connectivity index (χ2n) is 27.0.